The molecule has 0 saturated carbocycles. The fourth-order valence-electron chi connectivity index (χ4n) is 4.90. The quantitative estimate of drug-likeness (QED) is 0.605. The van der Waals surface area contributed by atoms with Crippen LogP contribution in [-0.4, -0.2) is 44.6 Å². The Kier molecular flexibility index (Phi) is 5.69. The molecule has 2 aromatic rings. The van der Waals surface area contributed by atoms with Crippen molar-refractivity contribution in [3.8, 4) is 11.5 Å². The monoisotopic (exact) mass is 465 g/mol. The molecule has 33 heavy (non-hydrogen) atoms. The van der Waals surface area contributed by atoms with Crippen LogP contribution in [0, 0.1) is 5.92 Å². The van der Waals surface area contributed by atoms with E-state index < -0.39 is 10.0 Å². The first-order valence-electron chi connectivity index (χ1n) is 11.0. The molecule has 3 aliphatic heterocycles. The molecule has 0 aromatic heterocycles. The number of ether oxygens (including phenoxy) is 1. The zero-order valence-electron chi connectivity index (χ0n) is 18.1. The molecular formula is C24H27N5O3S. The Hall–Kier alpha value is -3.14. The highest BCUT2D eigenvalue weighted by Gasteiger charge is 2.46. The number of para-hydroxylation sites is 1. The van der Waals surface area contributed by atoms with Crippen LogP contribution in [0.2, 0.25) is 0 Å². The molecule has 2 aromatic carbocycles. The maximum absolute atomic E-state index is 12.0. The van der Waals surface area contributed by atoms with Crippen molar-refractivity contribution in [3.05, 3.63) is 77.8 Å². The van der Waals surface area contributed by atoms with E-state index in [1.807, 2.05) is 42.5 Å². The zero-order valence-corrected chi connectivity index (χ0v) is 19.0. The van der Waals surface area contributed by atoms with Gasteiger partial charge in [0.05, 0.1) is 18.8 Å². The van der Waals surface area contributed by atoms with E-state index in [0.29, 0.717) is 25.5 Å². The fraction of sp³-hybridized carbons (Fsp3) is 0.292. The average Bonchev–Trinajstić information content (AvgIpc) is 3.15. The second kappa shape index (κ2) is 8.66. The number of allylic oxidation sites excluding steroid dienone is 1. The fourth-order valence-corrected chi connectivity index (χ4v) is 5.65. The summed E-state index contributed by atoms with van der Waals surface area (Å²) in [5.74, 6) is 2.05. The topological polar surface area (TPSA) is 109 Å². The van der Waals surface area contributed by atoms with Crippen molar-refractivity contribution in [2.75, 3.05) is 13.2 Å². The second-order valence-electron chi connectivity index (χ2n) is 8.39. The van der Waals surface area contributed by atoms with Gasteiger partial charge in [0.2, 0.25) is 10.0 Å². The lowest BCUT2D eigenvalue weighted by Gasteiger charge is -2.39. The van der Waals surface area contributed by atoms with Crippen molar-refractivity contribution in [1.29, 1.82) is 0 Å². The average molecular weight is 466 g/mol. The van der Waals surface area contributed by atoms with Gasteiger partial charge < -0.3 is 15.4 Å². The normalized spacial score (nSPS) is 24.7. The lowest BCUT2D eigenvalue weighted by molar-refractivity contribution is 0.172. The molecule has 9 heteroatoms. The van der Waals surface area contributed by atoms with Gasteiger partial charge in [-0.25, -0.2) is 13.1 Å². The van der Waals surface area contributed by atoms with Crippen LogP contribution in [0.15, 0.2) is 77.3 Å². The molecule has 0 spiro atoms. The predicted octanol–water partition coefficient (Wildman–Crippen LogP) is 2.59. The molecule has 3 atom stereocenters. The van der Waals surface area contributed by atoms with Crippen molar-refractivity contribution >= 4 is 21.4 Å². The number of piperidine rings is 1. The van der Waals surface area contributed by atoms with E-state index in [2.05, 4.69) is 38.6 Å². The van der Waals surface area contributed by atoms with Crippen LogP contribution in [0.25, 0.3) is 5.57 Å². The summed E-state index contributed by atoms with van der Waals surface area (Å²) >= 11 is 0. The molecule has 1 fully saturated rings. The third-order valence-corrected chi connectivity index (χ3v) is 7.44. The van der Waals surface area contributed by atoms with Gasteiger partial charge in [-0.05, 0) is 48.2 Å². The van der Waals surface area contributed by atoms with Gasteiger partial charge in [0.25, 0.3) is 0 Å². The largest absolute Gasteiger partial charge is 0.457 e. The molecular weight excluding hydrogens is 438 g/mol. The zero-order chi connectivity index (χ0) is 23.0. The molecule has 0 aliphatic carbocycles. The molecule has 4 N–H and O–H groups in total. The lowest BCUT2D eigenvalue weighted by Crippen LogP contribution is -2.56. The number of fused-ring (bicyclic) bond motifs is 3. The molecule has 1 saturated heterocycles. The van der Waals surface area contributed by atoms with Crippen LogP contribution in [0.4, 0.5) is 0 Å². The van der Waals surface area contributed by atoms with Crippen LogP contribution < -0.4 is 20.5 Å². The molecule has 3 aliphatic rings. The molecule has 8 nitrogen and oxygen atoms in total. The van der Waals surface area contributed by atoms with Gasteiger partial charge in [0.15, 0.2) is 0 Å². The number of rotatable bonds is 6. The second-order valence-corrected chi connectivity index (χ2v) is 10.0. The third kappa shape index (κ3) is 4.27. The summed E-state index contributed by atoms with van der Waals surface area (Å²) in [6, 6.07) is 17.5. The minimum Gasteiger partial charge on any atom is -0.457 e. The number of amidine groups is 1. The van der Waals surface area contributed by atoms with E-state index >= 15 is 0 Å². The Balaban J connectivity index is 1.44. The van der Waals surface area contributed by atoms with E-state index in [0.717, 1.165) is 34.5 Å². The van der Waals surface area contributed by atoms with Crippen LogP contribution >= 0.6 is 0 Å². The van der Waals surface area contributed by atoms with E-state index in [1.54, 1.807) is 0 Å². The Morgan fingerprint density at radius 2 is 1.88 bits per heavy atom. The number of hydrogen-bond donors (Lipinski definition) is 3. The highest BCUT2D eigenvalue weighted by Crippen LogP contribution is 2.45. The molecule has 3 heterocycles. The van der Waals surface area contributed by atoms with Crippen molar-refractivity contribution in [2.24, 2.45) is 16.6 Å². The number of aliphatic imine (C=N–C) groups is 1. The summed E-state index contributed by atoms with van der Waals surface area (Å²) in [5, 5.41) is 4.40. The lowest BCUT2D eigenvalue weighted by atomic mass is 9.89. The highest BCUT2D eigenvalue weighted by atomic mass is 32.2. The molecule has 0 radical (unpaired) electrons. The van der Waals surface area contributed by atoms with Gasteiger partial charge in [0, 0.05) is 23.7 Å². The van der Waals surface area contributed by atoms with Gasteiger partial charge in [-0.1, -0.05) is 36.9 Å². The summed E-state index contributed by atoms with van der Waals surface area (Å²) in [5.41, 5.74) is 9.78. The van der Waals surface area contributed by atoms with Crippen LogP contribution in [0.3, 0.4) is 0 Å². The highest BCUT2D eigenvalue weighted by molar-refractivity contribution is 7.92. The SMILES string of the molecule is C=CS(=O)(=O)NC1CCC2=C(c3ccc(Oc4ccccc4)cc3)C3C(N)=NCNC3N2C1. The van der Waals surface area contributed by atoms with Crippen molar-refractivity contribution in [3.63, 3.8) is 0 Å². The third-order valence-electron chi connectivity index (χ3n) is 6.34. The molecule has 0 bridgehead atoms. The Morgan fingerprint density at radius 1 is 1.15 bits per heavy atom. The first-order chi connectivity index (χ1) is 15.9. The number of nitrogens with two attached hydrogens (primary N) is 1. The first kappa shape index (κ1) is 21.7. The maximum Gasteiger partial charge on any atom is 0.233 e. The van der Waals surface area contributed by atoms with Crippen LogP contribution in [0.5, 0.6) is 11.5 Å². The number of nitrogens with zero attached hydrogens (tertiary/aromatic N) is 2. The van der Waals surface area contributed by atoms with Gasteiger partial charge in [-0.2, -0.15) is 0 Å². The predicted molar refractivity (Wildman–Crippen MR) is 129 cm³/mol. The standard InChI is InChI=1S/C24H27N5O3S/c1-2-33(30,31)28-17-10-13-20-21(22-23(25)26-15-27-24(22)29(20)14-17)16-8-11-19(12-9-16)32-18-6-4-3-5-7-18/h2-9,11-12,17,22,24,27-28H,1,10,13-15H2,(H2,25,26). The van der Waals surface area contributed by atoms with Gasteiger partial charge in [-0.3, -0.25) is 10.3 Å². The Bertz CT molecular complexity index is 1210. The summed E-state index contributed by atoms with van der Waals surface area (Å²) < 4.78 is 32.7. The van der Waals surface area contributed by atoms with E-state index in [-0.39, 0.29) is 18.1 Å². The van der Waals surface area contributed by atoms with Gasteiger partial charge in [0.1, 0.15) is 17.3 Å². The van der Waals surface area contributed by atoms with E-state index in [9.17, 15) is 8.42 Å². The smallest absolute Gasteiger partial charge is 0.233 e. The molecule has 5 rings (SSSR count). The minimum atomic E-state index is -3.50. The summed E-state index contributed by atoms with van der Waals surface area (Å²) in [4.78, 5) is 6.69. The minimum absolute atomic E-state index is 0.0521. The number of hydrogen-bond acceptors (Lipinski definition) is 7. The van der Waals surface area contributed by atoms with Gasteiger partial charge >= 0.3 is 0 Å². The van der Waals surface area contributed by atoms with Crippen molar-refractivity contribution in [2.45, 2.75) is 25.0 Å². The number of nitrogens with one attached hydrogen (secondary N) is 2. The summed E-state index contributed by atoms with van der Waals surface area (Å²) in [7, 11) is -3.50. The van der Waals surface area contributed by atoms with E-state index in [1.165, 1.54) is 5.70 Å². The van der Waals surface area contributed by atoms with Crippen molar-refractivity contribution in [1.82, 2.24) is 14.9 Å². The van der Waals surface area contributed by atoms with Crippen LogP contribution in [-0.2, 0) is 10.0 Å². The first-order valence-corrected chi connectivity index (χ1v) is 12.5. The molecule has 3 unspecified atom stereocenters. The van der Waals surface area contributed by atoms with Crippen LogP contribution in [0.1, 0.15) is 18.4 Å². The van der Waals surface area contributed by atoms with Gasteiger partial charge in [-0.15, -0.1) is 0 Å². The Morgan fingerprint density at radius 3 is 2.61 bits per heavy atom. The Labute approximate surface area is 193 Å². The number of benzene rings is 2. The summed E-state index contributed by atoms with van der Waals surface area (Å²) in [6.07, 6.45) is 1.39. The van der Waals surface area contributed by atoms with Crippen molar-refractivity contribution < 1.29 is 13.2 Å². The number of sulfonamides is 1. The van der Waals surface area contributed by atoms with E-state index in [4.69, 9.17) is 10.5 Å². The maximum atomic E-state index is 12.0. The molecule has 0 amide bonds. The summed E-state index contributed by atoms with van der Waals surface area (Å²) in [6.45, 7) is 4.40. The molecule has 172 valence electrons.